The molecule has 2 heteroatoms. The van der Waals surface area contributed by atoms with Crippen molar-refractivity contribution in [1.29, 1.82) is 0 Å². The summed E-state index contributed by atoms with van der Waals surface area (Å²) in [6.07, 6.45) is 6.07. The lowest BCUT2D eigenvalue weighted by Gasteiger charge is -2.37. The van der Waals surface area contributed by atoms with E-state index in [2.05, 4.69) is 24.0 Å². The van der Waals surface area contributed by atoms with E-state index in [9.17, 15) is 0 Å². The molecule has 1 saturated carbocycles. The fraction of sp³-hybridized carbons (Fsp3) is 0.545. The van der Waals surface area contributed by atoms with E-state index >= 15 is 0 Å². The van der Waals surface area contributed by atoms with Gasteiger partial charge in [-0.05, 0) is 30.4 Å². The first-order valence-corrected chi connectivity index (χ1v) is 5.81. The molecule has 0 aliphatic heterocycles. The molecule has 0 saturated heterocycles. The Hall–Kier alpha value is -0.500. The van der Waals surface area contributed by atoms with Crippen molar-refractivity contribution in [3.63, 3.8) is 0 Å². The molecule has 0 bridgehead atoms. The Morgan fingerprint density at radius 2 is 2.31 bits per heavy atom. The molecule has 0 N–H and O–H groups in total. The second-order valence-corrected chi connectivity index (χ2v) is 5.12. The van der Waals surface area contributed by atoms with Gasteiger partial charge in [0.15, 0.2) is 0 Å². The molecule has 1 nitrogen and oxygen atoms in total. The summed E-state index contributed by atoms with van der Waals surface area (Å²) in [4.78, 5) is 4.30. The normalized spacial score (nSPS) is 19.5. The first-order chi connectivity index (χ1) is 6.29. The van der Waals surface area contributed by atoms with Gasteiger partial charge in [0.25, 0.3) is 0 Å². The standard InChI is InChI=1S/C11H15NS/c1-11(6-4-7-11)9-13-10-5-2-3-8-12-10/h2-3,5,8H,4,6-7,9H2,1H3. The van der Waals surface area contributed by atoms with Crippen LogP contribution in [0, 0.1) is 5.41 Å². The van der Waals surface area contributed by atoms with Crippen molar-refractivity contribution < 1.29 is 0 Å². The molecule has 1 aliphatic rings. The van der Waals surface area contributed by atoms with E-state index in [1.54, 1.807) is 0 Å². The molecule has 0 unspecified atom stereocenters. The summed E-state index contributed by atoms with van der Waals surface area (Å²) in [6, 6.07) is 6.11. The molecular formula is C11H15NS. The topological polar surface area (TPSA) is 12.9 Å². The predicted molar refractivity (Wildman–Crippen MR) is 56.9 cm³/mol. The van der Waals surface area contributed by atoms with Crippen LogP contribution in [0.1, 0.15) is 26.2 Å². The molecule has 1 heterocycles. The van der Waals surface area contributed by atoms with Gasteiger partial charge in [-0.25, -0.2) is 4.98 Å². The van der Waals surface area contributed by atoms with Crippen molar-refractivity contribution >= 4 is 11.8 Å². The van der Waals surface area contributed by atoms with Gasteiger partial charge in [-0.15, -0.1) is 11.8 Å². The van der Waals surface area contributed by atoms with Crippen molar-refractivity contribution in [2.24, 2.45) is 5.41 Å². The van der Waals surface area contributed by atoms with Crippen molar-refractivity contribution in [2.75, 3.05) is 5.75 Å². The maximum Gasteiger partial charge on any atom is 0.0959 e. The summed E-state index contributed by atoms with van der Waals surface area (Å²) in [6.45, 7) is 2.38. The largest absolute Gasteiger partial charge is 0.250 e. The van der Waals surface area contributed by atoms with Gasteiger partial charge in [0.1, 0.15) is 0 Å². The van der Waals surface area contributed by atoms with E-state index in [1.165, 1.54) is 25.0 Å². The minimum atomic E-state index is 0.599. The monoisotopic (exact) mass is 193 g/mol. The summed E-state index contributed by atoms with van der Waals surface area (Å²) in [7, 11) is 0. The number of rotatable bonds is 3. The molecule has 0 spiro atoms. The third-order valence-electron chi connectivity index (χ3n) is 2.77. The van der Waals surface area contributed by atoms with Crippen LogP contribution in [0.4, 0.5) is 0 Å². The van der Waals surface area contributed by atoms with Crippen LogP contribution in [0.15, 0.2) is 29.4 Å². The van der Waals surface area contributed by atoms with E-state index < -0.39 is 0 Å². The summed E-state index contributed by atoms with van der Waals surface area (Å²) in [5.41, 5.74) is 0.599. The lowest BCUT2D eigenvalue weighted by molar-refractivity contribution is 0.197. The number of nitrogens with zero attached hydrogens (tertiary/aromatic N) is 1. The Kier molecular flexibility index (Phi) is 2.58. The van der Waals surface area contributed by atoms with Gasteiger partial charge in [0.2, 0.25) is 0 Å². The molecule has 0 atom stereocenters. The van der Waals surface area contributed by atoms with Crippen LogP contribution in [-0.2, 0) is 0 Å². The number of hydrogen-bond donors (Lipinski definition) is 0. The van der Waals surface area contributed by atoms with Crippen molar-refractivity contribution in [3.05, 3.63) is 24.4 Å². The van der Waals surface area contributed by atoms with Crippen LogP contribution in [-0.4, -0.2) is 10.7 Å². The summed E-state index contributed by atoms with van der Waals surface area (Å²) < 4.78 is 0. The first kappa shape index (κ1) is 9.07. The zero-order valence-electron chi connectivity index (χ0n) is 7.99. The number of hydrogen-bond acceptors (Lipinski definition) is 2. The molecule has 1 fully saturated rings. The maximum atomic E-state index is 4.30. The number of pyridine rings is 1. The summed E-state index contributed by atoms with van der Waals surface area (Å²) >= 11 is 1.89. The lowest BCUT2D eigenvalue weighted by atomic mass is 9.72. The lowest BCUT2D eigenvalue weighted by Crippen LogP contribution is -2.27. The van der Waals surface area contributed by atoms with Gasteiger partial charge >= 0.3 is 0 Å². The molecule has 1 aromatic rings. The summed E-state index contributed by atoms with van der Waals surface area (Å²) in [5, 5.41) is 1.16. The number of aromatic nitrogens is 1. The predicted octanol–water partition coefficient (Wildman–Crippen LogP) is 3.36. The molecule has 0 radical (unpaired) electrons. The van der Waals surface area contributed by atoms with Gasteiger partial charge < -0.3 is 0 Å². The van der Waals surface area contributed by atoms with Crippen molar-refractivity contribution in [2.45, 2.75) is 31.2 Å². The van der Waals surface area contributed by atoms with Gasteiger partial charge in [0, 0.05) is 11.9 Å². The quantitative estimate of drug-likeness (QED) is 0.683. The van der Waals surface area contributed by atoms with Crippen molar-refractivity contribution in [1.82, 2.24) is 4.98 Å². The third kappa shape index (κ3) is 2.25. The highest BCUT2D eigenvalue weighted by atomic mass is 32.2. The first-order valence-electron chi connectivity index (χ1n) is 4.82. The van der Waals surface area contributed by atoms with Crippen LogP contribution in [0.5, 0.6) is 0 Å². The minimum Gasteiger partial charge on any atom is -0.250 e. The van der Waals surface area contributed by atoms with Gasteiger partial charge in [-0.1, -0.05) is 19.4 Å². The van der Waals surface area contributed by atoms with Crippen LogP contribution < -0.4 is 0 Å². The molecule has 0 amide bonds. The number of thioether (sulfide) groups is 1. The zero-order chi connectivity index (χ0) is 9.15. The molecule has 13 heavy (non-hydrogen) atoms. The van der Waals surface area contributed by atoms with E-state index in [4.69, 9.17) is 0 Å². The molecular weight excluding hydrogens is 178 g/mol. The zero-order valence-corrected chi connectivity index (χ0v) is 8.81. The Bertz CT molecular complexity index is 267. The van der Waals surface area contributed by atoms with Crippen molar-refractivity contribution in [3.8, 4) is 0 Å². The Morgan fingerprint density at radius 3 is 2.85 bits per heavy atom. The average Bonchev–Trinajstić information content (AvgIpc) is 2.13. The second kappa shape index (κ2) is 3.70. The molecule has 2 rings (SSSR count). The molecule has 1 aliphatic carbocycles. The SMILES string of the molecule is CC1(CSc2ccccn2)CCC1. The van der Waals surface area contributed by atoms with Gasteiger partial charge in [-0.3, -0.25) is 0 Å². The highest BCUT2D eigenvalue weighted by Gasteiger charge is 2.31. The highest BCUT2D eigenvalue weighted by molar-refractivity contribution is 7.99. The second-order valence-electron chi connectivity index (χ2n) is 4.12. The summed E-state index contributed by atoms with van der Waals surface area (Å²) in [5.74, 6) is 1.23. The van der Waals surface area contributed by atoms with Crippen LogP contribution in [0.25, 0.3) is 0 Å². The fourth-order valence-electron chi connectivity index (χ4n) is 1.61. The van der Waals surface area contributed by atoms with Crippen LogP contribution in [0.3, 0.4) is 0 Å². The Labute approximate surface area is 84.0 Å². The Morgan fingerprint density at radius 1 is 1.46 bits per heavy atom. The van der Waals surface area contributed by atoms with E-state index in [0.29, 0.717) is 5.41 Å². The van der Waals surface area contributed by atoms with Gasteiger partial charge in [-0.2, -0.15) is 0 Å². The van der Waals surface area contributed by atoms with E-state index in [-0.39, 0.29) is 0 Å². The highest BCUT2D eigenvalue weighted by Crippen LogP contribution is 2.43. The maximum absolute atomic E-state index is 4.30. The molecule has 1 aromatic heterocycles. The van der Waals surface area contributed by atoms with E-state index in [0.717, 1.165) is 5.03 Å². The third-order valence-corrected chi connectivity index (χ3v) is 4.15. The van der Waals surface area contributed by atoms with Crippen LogP contribution >= 0.6 is 11.8 Å². The van der Waals surface area contributed by atoms with Crippen LogP contribution in [0.2, 0.25) is 0 Å². The smallest absolute Gasteiger partial charge is 0.0959 e. The average molecular weight is 193 g/mol. The van der Waals surface area contributed by atoms with E-state index in [1.807, 2.05) is 24.0 Å². The molecule has 70 valence electrons. The Balaban J connectivity index is 1.86. The molecule has 0 aromatic carbocycles. The fourth-order valence-corrected chi connectivity index (χ4v) is 2.70. The van der Waals surface area contributed by atoms with Gasteiger partial charge in [0.05, 0.1) is 5.03 Å². The minimum absolute atomic E-state index is 0.599.